The number of aryl methyl sites for hydroxylation is 1. The second-order valence-corrected chi connectivity index (χ2v) is 5.26. The zero-order valence-electron chi connectivity index (χ0n) is 10.4. The minimum absolute atomic E-state index is 0.00400. The molecule has 2 N–H and O–H groups in total. The smallest absolute Gasteiger partial charge is 0.346 e. The van der Waals surface area contributed by atoms with Gasteiger partial charge in [0.05, 0.1) is 5.75 Å². The molecule has 1 amide bonds. The molecule has 0 saturated carbocycles. The van der Waals surface area contributed by atoms with Crippen LogP contribution in [-0.4, -0.2) is 28.2 Å². The average Bonchev–Trinajstić information content (AvgIpc) is 2.81. The number of amides is 1. The molecule has 18 heavy (non-hydrogen) atoms. The van der Waals surface area contributed by atoms with Crippen LogP contribution in [0, 0.1) is 0 Å². The van der Waals surface area contributed by atoms with Gasteiger partial charge < -0.3 is 10.3 Å². The Kier molecular flexibility index (Phi) is 4.41. The van der Waals surface area contributed by atoms with E-state index in [9.17, 15) is 9.59 Å². The lowest BCUT2D eigenvalue weighted by Gasteiger charge is -2.06. The van der Waals surface area contributed by atoms with Crippen LogP contribution in [-0.2, 0) is 17.6 Å². The highest BCUT2D eigenvalue weighted by molar-refractivity contribution is 7.99. The highest BCUT2D eigenvalue weighted by Gasteiger charge is 2.18. The molecule has 0 unspecified atom stereocenters. The number of carbonyl (C=O) groups excluding carboxylic acids is 1. The zero-order chi connectivity index (χ0) is 13.0. The first kappa shape index (κ1) is 13.1. The third-order valence-corrected chi connectivity index (χ3v) is 3.87. The van der Waals surface area contributed by atoms with Crippen LogP contribution in [0.2, 0.25) is 0 Å². The predicted molar refractivity (Wildman–Crippen MR) is 70.9 cm³/mol. The minimum atomic E-state index is -0.313. The highest BCUT2D eigenvalue weighted by atomic mass is 32.2. The second-order valence-electron chi connectivity index (χ2n) is 4.30. The molecule has 0 bridgehead atoms. The van der Waals surface area contributed by atoms with Gasteiger partial charge in [0.2, 0.25) is 5.91 Å². The van der Waals surface area contributed by atoms with Gasteiger partial charge in [0.1, 0.15) is 5.03 Å². The van der Waals surface area contributed by atoms with Crippen molar-refractivity contribution in [2.45, 2.75) is 37.6 Å². The summed E-state index contributed by atoms with van der Waals surface area (Å²) in [5.74, 6) is 0.318. The monoisotopic (exact) mass is 267 g/mol. The number of hydrogen-bond donors (Lipinski definition) is 2. The first-order chi connectivity index (χ1) is 8.70. The van der Waals surface area contributed by atoms with E-state index in [-0.39, 0.29) is 11.6 Å². The summed E-state index contributed by atoms with van der Waals surface area (Å²) in [5.41, 5.74) is 1.79. The lowest BCUT2D eigenvalue weighted by molar-refractivity contribution is -0.118. The second kappa shape index (κ2) is 6.04. The maximum Gasteiger partial charge on any atom is 0.346 e. The molecule has 0 aromatic carbocycles. The third kappa shape index (κ3) is 3.13. The number of H-pyrrole nitrogens is 1. The third-order valence-electron chi connectivity index (χ3n) is 2.85. The predicted octanol–water partition coefficient (Wildman–Crippen LogP) is 0.877. The maximum absolute atomic E-state index is 11.5. The maximum atomic E-state index is 11.5. The van der Waals surface area contributed by atoms with E-state index in [1.54, 1.807) is 0 Å². The van der Waals surface area contributed by atoms with Gasteiger partial charge in [-0.05, 0) is 25.7 Å². The van der Waals surface area contributed by atoms with Crippen LogP contribution in [0.3, 0.4) is 0 Å². The fourth-order valence-corrected chi connectivity index (χ4v) is 2.92. The van der Waals surface area contributed by atoms with E-state index in [4.69, 9.17) is 0 Å². The van der Waals surface area contributed by atoms with Crippen molar-refractivity contribution >= 4 is 17.7 Å². The van der Waals surface area contributed by atoms with Crippen LogP contribution in [0.15, 0.2) is 9.82 Å². The SMILES string of the molecule is CCCNC(=O)CSc1nc(=O)[nH]c2c1CCC2. The number of nitrogens with zero attached hydrogens (tertiary/aromatic N) is 1. The number of nitrogens with one attached hydrogen (secondary N) is 2. The number of carbonyl (C=O) groups is 1. The van der Waals surface area contributed by atoms with Gasteiger partial charge in [-0.25, -0.2) is 4.79 Å². The largest absolute Gasteiger partial charge is 0.355 e. The van der Waals surface area contributed by atoms with Crippen LogP contribution < -0.4 is 11.0 Å². The quantitative estimate of drug-likeness (QED) is 0.613. The molecule has 0 aliphatic heterocycles. The molecule has 1 aliphatic rings. The van der Waals surface area contributed by atoms with E-state index in [1.807, 2.05) is 6.92 Å². The molecule has 5 nitrogen and oxygen atoms in total. The zero-order valence-corrected chi connectivity index (χ0v) is 11.2. The molecule has 98 valence electrons. The summed E-state index contributed by atoms with van der Waals surface area (Å²) in [6, 6.07) is 0. The van der Waals surface area contributed by atoms with E-state index in [1.165, 1.54) is 11.8 Å². The van der Waals surface area contributed by atoms with E-state index in [0.29, 0.717) is 12.3 Å². The lowest BCUT2D eigenvalue weighted by atomic mass is 10.3. The average molecular weight is 267 g/mol. The Bertz CT molecular complexity index is 499. The van der Waals surface area contributed by atoms with Gasteiger partial charge in [0.15, 0.2) is 0 Å². The van der Waals surface area contributed by atoms with Crippen molar-refractivity contribution in [2.75, 3.05) is 12.3 Å². The van der Waals surface area contributed by atoms with Gasteiger partial charge in [0, 0.05) is 17.8 Å². The minimum Gasteiger partial charge on any atom is -0.355 e. The van der Waals surface area contributed by atoms with Crippen molar-refractivity contribution in [3.63, 3.8) is 0 Å². The van der Waals surface area contributed by atoms with Gasteiger partial charge in [-0.2, -0.15) is 4.98 Å². The molecule has 0 saturated heterocycles. The first-order valence-electron chi connectivity index (χ1n) is 6.22. The Balaban J connectivity index is 2.02. The molecular weight excluding hydrogens is 250 g/mol. The van der Waals surface area contributed by atoms with E-state index < -0.39 is 0 Å². The topological polar surface area (TPSA) is 74.8 Å². The highest BCUT2D eigenvalue weighted by Crippen LogP contribution is 2.27. The van der Waals surface area contributed by atoms with Gasteiger partial charge in [-0.15, -0.1) is 0 Å². The van der Waals surface area contributed by atoms with Crippen molar-refractivity contribution in [1.29, 1.82) is 0 Å². The van der Waals surface area contributed by atoms with E-state index in [0.717, 1.165) is 42.0 Å². The van der Waals surface area contributed by atoms with Crippen molar-refractivity contribution in [2.24, 2.45) is 0 Å². The molecule has 6 heteroatoms. The van der Waals surface area contributed by atoms with Crippen LogP contribution in [0.4, 0.5) is 0 Å². The summed E-state index contributed by atoms with van der Waals surface area (Å²) in [6.45, 7) is 2.71. The van der Waals surface area contributed by atoms with Crippen LogP contribution in [0.25, 0.3) is 0 Å². The molecule has 0 fully saturated rings. The first-order valence-corrected chi connectivity index (χ1v) is 7.21. The van der Waals surface area contributed by atoms with Crippen LogP contribution in [0.1, 0.15) is 31.0 Å². The summed E-state index contributed by atoms with van der Waals surface area (Å²) in [5, 5.41) is 3.53. The Morgan fingerprint density at radius 2 is 2.33 bits per heavy atom. The fraction of sp³-hybridized carbons (Fsp3) is 0.583. The fourth-order valence-electron chi connectivity index (χ4n) is 2.00. The molecule has 1 heterocycles. The number of rotatable bonds is 5. The molecule has 0 atom stereocenters. The lowest BCUT2D eigenvalue weighted by Crippen LogP contribution is -2.26. The van der Waals surface area contributed by atoms with Crippen molar-refractivity contribution in [3.8, 4) is 0 Å². The molecule has 1 aliphatic carbocycles. The summed E-state index contributed by atoms with van der Waals surface area (Å²) >= 11 is 1.36. The van der Waals surface area contributed by atoms with Crippen molar-refractivity contribution in [3.05, 3.63) is 21.7 Å². The number of thioether (sulfide) groups is 1. The summed E-state index contributed by atoms with van der Waals surface area (Å²) in [6.07, 6.45) is 3.82. The van der Waals surface area contributed by atoms with Gasteiger partial charge in [0.25, 0.3) is 0 Å². The van der Waals surface area contributed by atoms with Gasteiger partial charge >= 0.3 is 5.69 Å². The molecule has 1 aromatic rings. The summed E-state index contributed by atoms with van der Waals surface area (Å²) in [7, 11) is 0. The summed E-state index contributed by atoms with van der Waals surface area (Å²) < 4.78 is 0. The standard InChI is InChI=1S/C12H17N3O2S/c1-2-6-13-10(16)7-18-11-8-4-3-5-9(8)14-12(17)15-11/h2-7H2,1H3,(H,13,16)(H,14,15,17). The van der Waals surface area contributed by atoms with Gasteiger partial charge in [-0.3, -0.25) is 4.79 Å². The Hall–Kier alpha value is -1.30. The van der Waals surface area contributed by atoms with Crippen molar-refractivity contribution in [1.82, 2.24) is 15.3 Å². The Morgan fingerprint density at radius 3 is 3.11 bits per heavy atom. The number of hydrogen-bond acceptors (Lipinski definition) is 4. The molecule has 0 spiro atoms. The van der Waals surface area contributed by atoms with E-state index >= 15 is 0 Å². The van der Waals surface area contributed by atoms with E-state index in [2.05, 4.69) is 15.3 Å². The molecule has 0 radical (unpaired) electrons. The molecule has 1 aromatic heterocycles. The van der Waals surface area contributed by atoms with Gasteiger partial charge in [-0.1, -0.05) is 18.7 Å². The number of fused-ring (bicyclic) bond motifs is 1. The normalized spacial score (nSPS) is 13.4. The number of aromatic nitrogens is 2. The molecule has 2 rings (SSSR count). The van der Waals surface area contributed by atoms with Crippen molar-refractivity contribution < 1.29 is 4.79 Å². The number of aromatic amines is 1. The summed E-state index contributed by atoms with van der Waals surface area (Å²) in [4.78, 5) is 29.6. The Labute approximate surface area is 110 Å². The molecular formula is C12H17N3O2S. The Morgan fingerprint density at radius 1 is 1.50 bits per heavy atom. The van der Waals surface area contributed by atoms with Crippen LogP contribution >= 0.6 is 11.8 Å². The van der Waals surface area contributed by atoms with Crippen LogP contribution in [0.5, 0.6) is 0 Å².